The highest BCUT2D eigenvalue weighted by Gasteiger charge is 2.23. The fraction of sp³-hybridized carbons (Fsp3) is 1.00. The van der Waals surface area contributed by atoms with Gasteiger partial charge in [-0.1, -0.05) is 19.8 Å². The van der Waals surface area contributed by atoms with Gasteiger partial charge in [-0.25, -0.2) is 0 Å². The van der Waals surface area contributed by atoms with Gasteiger partial charge in [0, 0.05) is 12.1 Å². The Morgan fingerprint density at radius 1 is 1.07 bits per heavy atom. The third-order valence-corrected chi connectivity index (χ3v) is 3.81. The molecule has 1 rings (SSSR count). The zero-order valence-electron chi connectivity index (χ0n) is 10.6. The summed E-state index contributed by atoms with van der Waals surface area (Å²) in [4.78, 5) is 2.51. The summed E-state index contributed by atoms with van der Waals surface area (Å²) in [5.41, 5.74) is 0.336. The zero-order valence-corrected chi connectivity index (χ0v) is 10.6. The van der Waals surface area contributed by atoms with Crippen molar-refractivity contribution >= 4 is 0 Å². The molecule has 0 radical (unpaired) electrons. The molecule has 0 spiro atoms. The highest BCUT2D eigenvalue weighted by molar-refractivity contribution is 4.78. The summed E-state index contributed by atoms with van der Waals surface area (Å²) in [7, 11) is 2.26. The second-order valence-electron chi connectivity index (χ2n) is 6.18. The normalized spacial score (nSPS) is 29.6. The lowest BCUT2D eigenvalue weighted by Gasteiger charge is -2.37. The molecule has 1 saturated carbocycles. The Labute approximate surface area is 89.9 Å². The Morgan fingerprint density at radius 3 is 2.00 bits per heavy atom. The molecule has 0 aliphatic heterocycles. The highest BCUT2D eigenvalue weighted by atomic mass is 15.2. The molecule has 0 aromatic heterocycles. The lowest BCUT2D eigenvalue weighted by molar-refractivity contribution is 0.126. The van der Waals surface area contributed by atoms with Gasteiger partial charge < -0.3 is 4.90 Å². The molecule has 0 amide bonds. The van der Waals surface area contributed by atoms with Crippen molar-refractivity contribution < 1.29 is 0 Å². The molecule has 0 atom stereocenters. The number of nitrogens with zero attached hydrogens (tertiary/aromatic N) is 1. The van der Waals surface area contributed by atoms with Crippen LogP contribution in [0.3, 0.4) is 0 Å². The van der Waals surface area contributed by atoms with E-state index in [0.29, 0.717) is 5.54 Å². The van der Waals surface area contributed by atoms with Gasteiger partial charge in [0.2, 0.25) is 0 Å². The summed E-state index contributed by atoms with van der Waals surface area (Å²) >= 11 is 0. The lowest BCUT2D eigenvalue weighted by atomic mass is 9.82. The van der Waals surface area contributed by atoms with Crippen molar-refractivity contribution in [2.75, 3.05) is 13.6 Å². The van der Waals surface area contributed by atoms with Crippen molar-refractivity contribution in [2.45, 2.75) is 58.9 Å². The summed E-state index contributed by atoms with van der Waals surface area (Å²) in [5, 5.41) is 0. The van der Waals surface area contributed by atoms with Gasteiger partial charge in [-0.2, -0.15) is 0 Å². The first-order chi connectivity index (χ1) is 6.39. The van der Waals surface area contributed by atoms with E-state index in [-0.39, 0.29) is 0 Å². The van der Waals surface area contributed by atoms with Crippen LogP contribution in [0.4, 0.5) is 0 Å². The van der Waals surface area contributed by atoms with Crippen LogP contribution in [-0.4, -0.2) is 24.0 Å². The highest BCUT2D eigenvalue weighted by Crippen LogP contribution is 2.29. The Kier molecular flexibility index (Phi) is 4.00. The maximum atomic E-state index is 2.51. The maximum Gasteiger partial charge on any atom is 0.0122 e. The summed E-state index contributed by atoms with van der Waals surface area (Å²) in [5.74, 6) is 1.93. The Bertz CT molecular complexity index is 161. The molecular formula is C13H27N. The van der Waals surface area contributed by atoms with E-state index in [0.717, 1.165) is 11.8 Å². The van der Waals surface area contributed by atoms with Crippen LogP contribution < -0.4 is 0 Å². The Balaban J connectivity index is 2.31. The molecule has 0 bridgehead atoms. The molecule has 14 heavy (non-hydrogen) atoms. The van der Waals surface area contributed by atoms with E-state index < -0.39 is 0 Å². The molecule has 0 unspecified atom stereocenters. The van der Waals surface area contributed by atoms with Gasteiger partial charge in [0.05, 0.1) is 0 Å². The van der Waals surface area contributed by atoms with Gasteiger partial charge in [0.15, 0.2) is 0 Å². The van der Waals surface area contributed by atoms with E-state index in [1.54, 1.807) is 0 Å². The molecule has 1 aliphatic carbocycles. The summed E-state index contributed by atoms with van der Waals surface area (Å²) in [6.07, 6.45) is 5.79. The fourth-order valence-electron chi connectivity index (χ4n) is 2.17. The Hall–Kier alpha value is -0.0400. The van der Waals surface area contributed by atoms with Crippen molar-refractivity contribution in [2.24, 2.45) is 11.8 Å². The van der Waals surface area contributed by atoms with Gasteiger partial charge in [-0.3, -0.25) is 0 Å². The predicted octanol–water partition coefficient (Wildman–Crippen LogP) is 3.54. The first-order valence-electron chi connectivity index (χ1n) is 6.11. The molecule has 0 aromatic carbocycles. The average molecular weight is 197 g/mol. The third kappa shape index (κ3) is 3.61. The minimum atomic E-state index is 0.336. The molecule has 1 nitrogen and oxygen atoms in total. The van der Waals surface area contributed by atoms with Gasteiger partial charge in [0.1, 0.15) is 0 Å². The molecule has 0 saturated heterocycles. The molecule has 0 aromatic rings. The molecule has 1 fully saturated rings. The minimum absolute atomic E-state index is 0.336. The first kappa shape index (κ1) is 12.0. The Morgan fingerprint density at radius 2 is 1.57 bits per heavy atom. The van der Waals surface area contributed by atoms with Crippen LogP contribution in [-0.2, 0) is 0 Å². The molecule has 0 N–H and O–H groups in total. The van der Waals surface area contributed by atoms with Crippen LogP contribution in [0.2, 0.25) is 0 Å². The molecule has 0 heterocycles. The lowest BCUT2D eigenvalue weighted by Crippen LogP contribution is -2.41. The summed E-state index contributed by atoms with van der Waals surface area (Å²) < 4.78 is 0. The van der Waals surface area contributed by atoms with E-state index in [2.05, 4.69) is 39.6 Å². The van der Waals surface area contributed by atoms with Gasteiger partial charge in [-0.05, 0) is 52.5 Å². The topological polar surface area (TPSA) is 3.24 Å². The standard InChI is InChI=1S/C13H27N/c1-11-6-8-12(9-7-11)10-14(5)13(2,3)4/h11-12H,6-10H2,1-5H3. The second kappa shape index (κ2) is 4.65. The van der Waals surface area contributed by atoms with Crippen molar-refractivity contribution in [1.82, 2.24) is 4.90 Å². The number of hydrogen-bond donors (Lipinski definition) is 0. The van der Waals surface area contributed by atoms with Crippen molar-refractivity contribution in [3.8, 4) is 0 Å². The number of hydrogen-bond acceptors (Lipinski definition) is 1. The molecule has 84 valence electrons. The maximum absolute atomic E-state index is 2.51. The van der Waals surface area contributed by atoms with Crippen LogP contribution >= 0.6 is 0 Å². The predicted molar refractivity (Wildman–Crippen MR) is 63.5 cm³/mol. The van der Waals surface area contributed by atoms with E-state index in [9.17, 15) is 0 Å². The third-order valence-electron chi connectivity index (χ3n) is 3.81. The van der Waals surface area contributed by atoms with Crippen LogP contribution in [0, 0.1) is 11.8 Å². The monoisotopic (exact) mass is 197 g/mol. The van der Waals surface area contributed by atoms with Crippen molar-refractivity contribution in [1.29, 1.82) is 0 Å². The van der Waals surface area contributed by atoms with Crippen molar-refractivity contribution in [3.05, 3.63) is 0 Å². The smallest absolute Gasteiger partial charge is 0.0122 e. The van der Waals surface area contributed by atoms with Gasteiger partial charge in [-0.15, -0.1) is 0 Å². The van der Waals surface area contributed by atoms with E-state index in [4.69, 9.17) is 0 Å². The number of rotatable bonds is 2. The SMILES string of the molecule is CC1CCC(CN(C)C(C)(C)C)CC1. The summed E-state index contributed by atoms with van der Waals surface area (Å²) in [6.45, 7) is 10.6. The van der Waals surface area contributed by atoms with E-state index in [1.807, 2.05) is 0 Å². The minimum Gasteiger partial charge on any atom is -0.301 e. The van der Waals surface area contributed by atoms with Crippen LogP contribution in [0.15, 0.2) is 0 Å². The summed E-state index contributed by atoms with van der Waals surface area (Å²) in [6, 6.07) is 0. The van der Waals surface area contributed by atoms with E-state index in [1.165, 1.54) is 32.2 Å². The second-order valence-corrected chi connectivity index (χ2v) is 6.18. The largest absolute Gasteiger partial charge is 0.301 e. The van der Waals surface area contributed by atoms with Gasteiger partial charge in [0.25, 0.3) is 0 Å². The zero-order chi connectivity index (χ0) is 10.8. The average Bonchev–Trinajstić information content (AvgIpc) is 2.07. The quantitative estimate of drug-likeness (QED) is 0.654. The fourth-order valence-corrected chi connectivity index (χ4v) is 2.17. The van der Waals surface area contributed by atoms with Crippen LogP contribution in [0.25, 0.3) is 0 Å². The first-order valence-corrected chi connectivity index (χ1v) is 6.11. The molecule has 1 heteroatoms. The van der Waals surface area contributed by atoms with Crippen LogP contribution in [0.5, 0.6) is 0 Å². The van der Waals surface area contributed by atoms with Gasteiger partial charge >= 0.3 is 0 Å². The van der Waals surface area contributed by atoms with Crippen molar-refractivity contribution in [3.63, 3.8) is 0 Å². The molecule has 1 aliphatic rings. The van der Waals surface area contributed by atoms with E-state index >= 15 is 0 Å². The molecular weight excluding hydrogens is 170 g/mol. The van der Waals surface area contributed by atoms with Crippen LogP contribution in [0.1, 0.15) is 53.4 Å².